The van der Waals surface area contributed by atoms with Gasteiger partial charge in [0.25, 0.3) is 0 Å². The van der Waals surface area contributed by atoms with Crippen molar-refractivity contribution in [1.82, 2.24) is 24.9 Å². The van der Waals surface area contributed by atoms with Crippen LogP contribution in [0.25, 0.3) is 16.9 Å². The van der Waals surface area contributed by atoms with Crippen LogP contribution >= 0.6 is 0 Å². The second-order valence-electron chi connectivity index (χ2n) is 7.11. The molecule has 0 aromatic carbocycles. The first-order valence-corrected chi connectivity index (χ1v) is 9.05. The van der Waals surface area contributed by atoms with Crippen molar-refractivity contribution in [3.63, 3.8) is 0 Å². The van der Waals surface area contributed by atoms with Gasteiger partial charge in [0.15, 0.2) is 5.65 Å². The first-order valence-electron chi connectivity index (χ1n) is 9.05. The number of nitrogens with one attached hydrogen (secondary N) is 1. The van der Waals surface area contributed by atoms with E-state index in [0.29, 0.717) is 6.04 Å². The molecule has 1 N–H and O–H groups in total. The SMILES string of the molecule is Cc1nc2ccc(N3CC4CCCNC4C3)nn2c1-c1ccncc1. The fraction of sp³-hybridized carbons (Fsp3) is 0.421. The van der Waals surface area contributed by atoms with Crippen LogP contribution in [0.4, 0.5) is 5.82 Å². The number of aromatic nitrogens is 4. The number of rotatable bonds is 2. The van der Waals surface area contributed by atoms with Gasteiger partial charge >= 0.3 is 0 Å². The molecule has 2 saturated heterocycles. The van der Waals surface area contributed by atoms with E-state index in [4.69, 9.17) is 5.10 Å². The lowest BCUT2D eigenvalue weighted by Gasteiger charge is -2.24. The predicted molar refractivity (Wildman–Crippen MR) is 97.7 cm³/mol. The highest BCUT2D eigenvalue weighted by Gasteiger charge is 2.35. The highest BCUT2D eigenvalue weighted by Crippen LogP contribution is 2.29. The van der Waals surface area contributed by atoms with Crippen LogP contribution in [-0.4, -0.2) is 45.3 Å². The molecule has 5 heterocycles. The molecule has 0 saturated carbocycles. The van der Waals surface area contributed by atoms with Crippen LogP contribution < -0.4 is 10.2 Å². The van der Waals surface area contributed by atoms with Crippen molar-refractivity contribution in [3.8, 4) is 11.3 Å². The third-order valence-corrected chi connectivity index (χ3v) is 5.51. The van der Waals surface area contributed by atoms with E-state index < -0.39 is 0 Å². The number of piperidine rings is 1. The minimum absolute atomic E-state index is 0.607. The van der Waals surface area contributed by atoms with Crippen molar-refractivity contribution in [2.45, 2.75) is 25.8 Å². The Hall–Kier alpha value is -2.47. The Morgan fingerprint density at radius 2 is 2.00 bits per heavy atom. The molecule has 6 heteroatoms. The van der Waals surface area contributed by atoms with Crippen LogP contribution in [0.3, 0.4) is 0 Å². The van der Waals surface area contributed by atoms with Crippen LogP contribution in [0.5, 0.6) is 0 Å². The molecule has 2 atom stereocenters. The van der Waals surface area contributed by atoms with Crippen LogP contribution in [0.1, 0.15) is 18.5 Å². The molecule has 128 valence electrons. The summed E-state index contributed by atoms with van der Waals surface area (Å²) < 4.78 is 1.98. The second kappa shape index (κ2) is 5.81. The number of hydrogen-bond donors (Lipinski definition) is 1. The van der Waals surface area contributed by atoms with E-state index in [9.17, 15) is 0 Å². The monoisotopic (exact) mass is 334 g/mol. The van der Waals surface area contributed by atoms with Gasteiger partial charge in [-0.3, -0.25) is 4.98 Å². The molecule has 0 spiro atoms. The molecular weight excluding hydrogens is 312 g/mol. The first-order chi connectivity index (χ1) is 12.3. The molecule has 0 amide bonds. The fourth-order valence-corrected chi connectivity index (χ4v) is 4.28. The van der Waals surface area contributed by atoms with Gasteiger partial charge in [-0.2, -0.15) is 0 Å². The quantitative estimate of drug-likeness (QED) is 0.779. The zero-order valence-corrected chi connectivity index (χ0v) is 14.4. The predicted octanol–water partition coefficient (Wildman–Crippen LogP) is 2.29. The van der Waals surface area contributed by atoms with Gasteiger partial charge in [-0.15, -0.1) is 5.10 Å². The van der Waals surface area contributed by atoms with E-state index in [1.165, 1.54) is 12.8 Å². The van der Waals surface area contributed by atoms with Gasteiger partial charge in [0.05, 0.1) is 11.4 Å². The molecule has 2 aliphatic rings. The summed E-state index contributed by atoms with van der Waals surface area (Å²) in [4.78, 5) is 11.2. The largest absolute Gasteiger partial charge is 0.353 e. The molecule has 0 radical (unpaired) electrons. The van der Waals surface area contributed by atoms with Gasteiger partial charge in [-0.25, -0.2) is 9.50 Å². The van der Waals surface area contributed by atoms with Gasteiger partial charge < -0.3 is 10.2 Å². The van der Waals surface area contributed by atoms with Crippen LogP contribution in [-0.2, 0) is 0 Å². The van der Waals surface area contributed by atoms with E-state index in [0.717, 1.165) is 54.0 Å². The third kappa shape index (κ3) is 2.48. The Morgan fingerprint density at radius 1 is 1.12 bits per heavy atom. The van der Waals surface area contributed by atoms with E-state index in [2.05, 4.69) is 32.3 Å². The molecule has 25 heavy (non-hydrogen) atoms. The fourth-order valence-electron chi connectivity index (χ4n) is 4.28. The van der Waals surface area contributed by atoms with E-state index >= 15 is 0 Å². The number of pyridine rings is 1. The average Bonchev–Trinajstić information content (AvgIpc) is 3.21. The lowest BCUT2D eigenvalue weighted by atomic mass is 9.94. The van der Waals surface area contributed by atoms with Crippen LogP contribution in [0, 0.1) is 12.8 Å². The molecule has 5 rings (SSSR count). The number of fused-ring (bicyclic) bond motifs is 2. The number of imidazole rings is 1. The van der Waals surface area contributed by atoms with Crippen LogP contribution in [0.2, 0.25) is 0 Å². The zero-order chi connectivity index (χ0) is 16.8. The molecule has 2 aliphatic heterocycles. The van der Waals surface area contributed by atoms with Crippen molar-refractivity contribution in [3.05, 3.63) is 42.4 Å². The summed E-state index contributed by atoms with van der Waals surface area (Å²) in [5, 5.41) is 8.61. The molecule has 0 bridgehead atoms. The van der Waals surface area contributed by atoms with Crippen molar-refractivity contribution >= 4 is 11.5 Å². The molecule has 6 nitrogen and oxygen atoms in total. The van der Waals surface area contributed by atoms with Crippen LogP contribution in [0.15, 0.2) is 36.7 Å². The standard InChI is InChI=1S/C19H22N6/c1-13-19(14-6-9-20-10-7-14)25-17(22-13)4-5-18(23-25)24-11-15-3-2-8-21-16(15)12-24/h4-7,9-10,15-16,21H,2-3,8,11-12H2,1H3. The van der Waals surface area contributed by atoms with Crippen molar-refractivity contribution in [1.29, 1.82) is 0 Å². The summed E-state index contributed by atoms with van der Waals surface area (Å²) in [6.45, 7) is 5.32. The first kappa shape index (κ1) is 14.8. The van der Waals surface area contributed by atoms with Gasteiger partial charge in [0, 0.05) is 37.1 Å². The highest BCUT2D eigenvalue weighted by atomic mass is 15.3. The molecule has 3 aromatic heterocycles. The van der Waals surface area contributed by atoms with E-state index in [1.807, 2.05) is 36.0 Å². The average molecular weight is 334 g/mol. The molecule has 2 fully saturated rings. The number of hydrogen-bond acceptors (Lipinski definition) is 5. The summed E-state index contributed by atoms with van der Waals surface area (Å²) in [5.41, 5.74) is 4.03. The Bertz CT molecular complexity index is 889. The van der Waals surface area contributed by atoms with Crippen molar-refractivity contribution < 1.29 is 0 Å². The number of anilines is 1. The number of aryl methyl sites for hydroxylation is 1. The normalized spacial score (nSPS) is 23.2. The van der Waals surface area contributed by atoms with Gasteiger partial charge in [-0.05, 0) is 56.5 Å². The summed E-state index contributed by atoms with van der Waals surface area (Å²) in [5.74, 6) is 1.78. The van der Waals surface area contributed by atoms with Crippen molar-refractivity contribution in [2.24, 2.45) is 5.92 Å². The summed E-state index contributed by atoms with van der Waals surface area (Å²) in [7, 11) is 0. The van der Waals surface area contributed by atoms with E-state index in [-0.39, 0.29) is 0 Å². The Kier molecular flexibility index (Phi) is 3.45. The maximum absolute atomic E-state index is 4.94. The minimum atomic E-state index is 0.607. The Balaban J connectivity index is 1.55. The molecule has 0 aliphatic carbocycles. The Labute approximate surface area is 146 Å². The third-order valence-electron chi connectivity index (χ3n) is 5.51. The van der Waals surface area contributed by atoms with Crippen molar-refractivity contribution in [2.75, 3.05) is 24.5 Å². The molecular formula is C19H22N6. The summed E-state index contributed by atoms with van der Waals surface area (Å²) in [6.07, 6.45) is 6.24. The summed E-state index contributed by atoms with van der Waals surface area (Å²) >= 11 is 0. The summed E-state index contributed by atoms with van der Waals surface area (Å²) in [6, 6.07) is 8.82. The molecule has 3 aromatic rings. The lowest BCUT2D eigenvalue weighted by molar-refractivity contribution is 0.340. The van der Waals surface area contributed by atoms with E-state index in [1.54, 1.807) is 0 Å². The maximum Gasteiger partial charge on any atom is 0.154 e. The minimum Gasteiger partial charge on any atom is -0.353 e. The topological polar surface area (TPSA) is 58.4 Å². The Morgan fingerprint density at radius 3 is 2.84 bits per heavy atom. The lowest BCUT2D eigenvalue weighted by Crippen LogP contribution is -2.40. The van der Waals surface area contributed by atoms with Gasteiger partial charge in [0.2, 0.25) is 0 Å². The zero-order valence-electron chi connectivity index (χ0n) is 14.4. The van der Waals surface area contributed by atoms with Gasteiger partial charge in [0.1, 0.15) is 5.82 Å². The highest BCUT2D eigenvalue weighted by molar-refractivity contribution is 5.66. The number of nitrogens with zero attached hydrogens (tertiary/aromatic N) is 5. The maximum atomic E-state index is 4.94. The van der Waals surface area contributed by atoms with Gasteiger partial charge in [-0.1, -0.05) is 0 Å². The second-order valence-corrected chi connectivity index (χ2v) is 7.11. The smallest absolute Gasteiger partial charge is 0.154 e. The molecule has 2 unspecified atom stereocenters.